The SMILES string of the molecule is O=C1[C@H]2Cc3c([nH]c4cc(F)ccc34)[C@H](c3ccc4c(c3)OCO4)N2C(=O)CN1C1CCN(Cc2ccccc2)CC1. The number of hydrogen-bond donors (Lipinski definition) is 1. The van der Waals surface area contributed by atoms with Crippen LogP contribution in [0.15, 0.2) is 66.7 Å². The maximum Gasteiger partial charge on any atom is 0.246 e. The van der Waals surface area contributed by atoms with E-state index in [9.17, 15) is 14.0 Å². The number of piperazine rings is 1. The number of amides is 2. The van der Waals surface area contributed by atoms with Crippen molar-refractivity contribution in [3.05, 3.63) is 94.9 Å². The Balaban J connectivity index is 1.11. The van der Waals surface area contributed by atoms with Gasteiger partial charge in [0.2, 0.25) is 18.6 Å². The highest BCUT2D eigenvalue weighted by atomic mass is 19.1. The summed E-state index contributed by atoms with van der Waals surface area (Å²) in [5.41, 5.74) is 4.53. The Morgan fingerprint density at radius 2 is 1.74 bits per heavy atom. The number of hydrogen-bond acceptors (Lipinski definition) is 5. The molecule has 4 aliphatic rings. The van der Waals surface area contributed by atoms with Crippen LogP contribution in [0.2, 0.25) is 0 Å². The highest BCUT2D eigenvalue weighted by Crippen LogP contribution is 2.45. The van der Waals surface area contributed by atoms with Crippen molar-refractivity contribution in [1.29, 1.82) is 0 Å². The first kappa shape index (κ1) is 25.3. The lowest BCUT2D eigenvalue weighted by molar-refractivity contribution is -0.161. The number of carbonyl (C=O) groups is 2. The molecule has 4 aliphatic heterocycles. The molecule has 1 N–H and O–H groups in total. The highest BCUT2D eigenvalue weighted by molar-refractivity contribution is 5.98. The Bertz CT molecular complexity index is 1700. The number of aromatic amines is 1. The second-order valence-electron chi connectivity index (χ2n) is 11.7. The number of nitrogens with one attached hydrogen (secondary N) is 1. The third-order valence-corrected chi connectivity index (χ3v) is 9.31. The van der Waals surface area contributed by atoms with Gasteiger partial charge < -0.3 is 24.3 Å². The minimum atomic E-state index is -0.638. The van der Waals surface area contributed by atoms with Gasteiger partial charge in [0.1, 0.15) is 18.4 Å². The van der Waals surface area contributed by atoms with Crippen LogP contribution in [0.1, 0.15) is 41.3 Å². The number of H-pyrrole nitrogens is 1. The Morgan fingerprint density at radius 3 is 2.57 bits per heavy atom. The van der Waals surface area contributed by atoms with E-state index in [0.717, 1.165) is 54.7 Å². The van der Waals surface area contributed by atoms with Crippen LogP contribution >= 0.6 is 0 Å². The molecule has 42 heavy (non-hydrogen) atoms. The molecule has 0 unspecified atom stereocenters. The fourth-order valence-corrected chi connectivity index (χ4v) is 7.28. The molecule has 1 aromatic heterocycles. The maximum absolute atomic E-state index is 14.3. The molecule has 3 aromatic carbocycles. The lowest BCUT2D eigenvalue weighted by Gasteiger charge is -2.49. The first-order chi connectivity index (χ1) is 20.5. The van der Waals surface area contributed by atoms with Crippen LogP contribution in [-0.4, -0.2) is 70.0 Å². The topological polar surface area (TPSA) is 78.1 Å². The van der Waals surface area contributed by atoms with E-state index in [2.05, 4.69) is 34.1 Å². The van der Waals surface area contributed by atoms with Crippen LogP contribution in [0.3, 0.4) is 0 Å². The number of carbonyl (C=O) groups excluding carboxylic acids is 2. The van der Waals surface area contributed by atoms with Gasteiger partial charge in [-0.15, -0.1) is 0 Å². The molecule has 8 rings (SSSR count). The average molecular weight is 567 g/mol. The molecule has 0 saturated carbocycles. The summed E-state index contributed by atoms with van der Waals surface area (Å²) in [6.07, 6.45) is 2.06. The van der Waals surface area contributed by atoms with Crippen LogP contribution < -0.4 is 9.47 Å². The standard InChI is InChI=1S/C33H31FN4O4/c34-22-7-8-24-25-16-27-33(40)37(23-10-12-36(13-11-23)17-20-4-2-1-3-5-20)18-30(39)38(27)32(31(25)35-26(24)15-22)21-6-9-28-29(14-21)42-19-41-28/h1-9,14-15,23,27,32,35H,10-13,16-19H2/t27-,32+/m1/s1. The van der Waals surface area contributed by atoms with Gasteiger partial charge in [0.15, 0.2) is 11.5 Å². The fourth-order valence-electron chi connectivity index (χ4n) is 7.28. The number of halogens is 1. The molecule has 2 saturated heterocycles. The van der Waals surface area contributed by atoms with Gasteiger partial charge >= 0.3 is 0 Å². The molecule has 0 bridgehead atoms. The van der Waals surface area contributed by atoms with Crippen molar-refractivity contribution in [2.45, 2.75) is 43.9 Å². The van der Waals surface area contributed by atoms with E-state index in [0.29, 0.717) is 23.4 Å². The van der Waals surface area contributed by atoms with Crippen LogP contribution in [0.4, 0.5) is 4.39 Å². The summed E-state index contributed by atoms with van der Waals surface area (Å²) in [5, 5.41) is 0.878. The highest BCUT2D eigenvalue weighted by Gasteiger charge is 2.50. The number of aromatic nitrogens is 1. The lowest BCUT2D eigenvalue weighted by atomic mass is 9.85. The molecule has 2 amide bonds. The molecule has 0 spiro atoms. The molecule has 2 fully saturated rings. The Labute approximate surface area is 242 Å². The van der Waals surface area contributed by atoms with Crippen molar-refractivity contribution >= 4 is 22.7 Å². The first-order valence-corrected chi connectivity index (χ1v) is 14.6. The van der Waals surface area contributed by atoms with Gasteiger partial charge in [-0.25, -0.2) is 4.39 Å². The third-order valence-electron chi connectivity index (χ3n) is 9.31. The Kier molecular flexibility index (Phi) is 5.96. The summed E-state index contributed by atoms with van der Waals surface area (Å²) in [6.45, 7) is 2.85. The largest absolute Gasteiger partial charge is 0.454 e. The van der Waals surface area contributed by atoms with Crippen LogP contribution in [0.25, 0.3) is 10.9 Å². The van der Waals surface area contributed by atoms with Gasteiger partial charge in [0.05, 0.1) is 6.04 Å². The Morgan fingerprint density at radius 1 is 0.929 bits per heavy atom. The van der Waals surface area contributed by atoms with E-state index >= 15 is 0 Å². The van der Waals surface area contributed by atoms with Crippen molar-refractivity contribution in [1.82, 2.24) is 19.7 Å². The van der Waals surface area contributed by atoms with Gasteiger partial charge in [-0.05, 0) is 59.9 Å². The zero-order valence-electron chi connectivity index (χ0n) is 23.1. The number of piperidine rings is 1. The van der Waals surface area contributed by atoms with Crippen molar-refractivity contribution in [2.75, 3.05) is 26.4 Å². The summed E-state index contributed by atoms with van der Waals surface area (Å²) < 4.78 is 25.4. The first-order valence-electron chi connectivity index (χ1n) is 14.6. The van der Waals surface area contributed by atoms with E-state index in [-0.39, 0.29) is 37.0 Å². The summed E-state index contributed by atoms with van der Waals surface area (Å²) in [5.74, 6) is 0.831. The molecule has 8 nitrogen and oxygen atoms in total. The monoisotopic (exact) mass is 566 g/mol. The number of ether oxygens (including phenoxy) is 2. The molecule has 2 atom stereocenters. The molecule has 9 heteroatoms. The number of benzene rings is 3. The van der Waals surface area contributed by atoms with E-state index in [1.807, 2.05) is 29.2 Å². The normalized spacial score (nSPS) is 22.5. The zero-order chi connectivity index (χ0) is 28.4. The van der Waals surface area contributed by atoms with E-state index in [1.165, 1.54) is 17.7 Å². The fraction of sp³-hybridized carbons (Fsp3) is 0.333. The smallest absolute Gasteiger partial charge is 0.246 e. The van der Waals surface area contributed by atoms with Crippen LogP contribution in [0.5, 0.6) is 11.5 Å². The predicted molar refractivity (Wildman–Crippen MR) is 153 cm³/mol. The van der Waals surface area contributed by atoms with Gasteiger partial charge in [-0.1, -0.05) is 36.4 Å². The molecular weight excluding hydrogens is 535 g/mol. The van der Waals surface area contributed by atoms with Crippen molar-refractivity contribution < 1.29 is 23.5 Å². The van der Waals surface area contributed by atoms with E-state index < -0.39 is 12.1 Å². The van der Waals surface area contributed by atoms with Crippen molar-refractivity contribution in [3.8, 4) is 11.5 Å². The van der Waals surface area contributed by atoms with Gasteiger partial charge in [-0.3, -0.25) is 14.5 Å². The quantitative estimate of drug-likeness (QED) is 0.397. The number of rotatable bonds is 4. The van der Waals surface area contributed by atoms with E-state index in [1.54, 1.807) is 11.0 Å². The number of nitrogens with zero attached hydrogens (tertiary/aromatic N) is 3. The van der Waals surface area contributed by atoms with Gasteiger partial charge in [0, 0.05) is 48.7 Å². The Hall–Kier alpha value is -4.37. The van der Waals surface area contributed by atoms with Crippen LogP contribution in [0, 0.1) is 5.82 Å². The zero-order valence-corrected chi connectivity index (χ0v) is 23.1. The molecule has 0 radical (unpaired) electrons. The summed E-state index contributed by atoms with van der Waals surface area (Å²) in [4.78, 5) is 37.7. The number of likely N-dealkylation sites (tertiary alicyclic amines) is 1. The minimum absolute atomic E-state index is 0.0102. The molecule has 214 valence electrons. The number of fused-ring (bicyclic) bond motifs is 5. The summed E-state index contributed by atoms with van der Waals surface area (Å²) in [7, 11) is 0. The molecule has 5 heterocycles. The van der Waals surface area contributed by atoms with Crippen LogP contribution in [-0.2, 0) is 22.6 Å². The maximum atomic E-state index is 14.3. The van der Waals surface area contributed by atoms with E-state index in [4.69, 9.17) is 9.47 Å². The lowest BCUT2D eigenvalue weighted by Crippen LogP contribution is -2.65. The molecule has 4 aromatic rings. The second kappa shape index (κ2) is 9.87. The molecule has 0 aliphatic carbocycles. The van der Waals surface area contributed by atoms with Gasteiger partial charge in [0.25, 0.3) is 0 Å². The minimum Gasteiger partial charge on any atom is -0.454 e. The predicted octanol–water partition coefficient (Wildman–Crippen LogP) is 4.39. The van der Waals surface area contributed by atoms with Gasteiger partial charge in [-0.2, -0.15) is 0 Å². The average Bonchev–Trinajstić information content (AvgIpc) is 3.62. The second-order valence-corrected chi connectivity index (χ2v) is 11.7. The third kappa shape index (κ3) is 4.14. The summed E-state index contributed by atoms with van der Waals surface area (Å²) in [6, 6.07) is 19.6. The summed E-state index contributed by atoms with van der Waals surface area (Å²) >= 11 is 0. The van der Waals surface area contributed by atoms with Crippen molar-refractivity contribution in [2.24, 2.45) is 0 Å². The molecular formula is C33H31FN4O4. The van der Waals surface area contributed by atoms with Crippen molar-refractivity contribution in [3.63, 3.8) is 0 Å².